The number of halogens is 1. The number of carbonyl (C=O) groups is 1. The van der Waals surface area contributed by atoms with Gasteiger partial charge in [0, 0.05) is 22.6 Å². The van der Waals surface area contributed by atoms with Gasteiger partial charge in [0.1, 0.15) is 12.4 Å². The van der Waals surface area contributed by atoms with E-state index in [-0.39, 0.29) is 23.5 Å². The van der Waals surface area contributed by atoms with Gasteiger partial charge in [-0.3, -0.25) is 4.79 Å². The summed E-state index contributed by atoms with van der Waals surface area (Å²) in [7, 11) is 0. The molecule has 3 aromatic rings. The predicted octanol–water partition coefficient (Wildman–Crippen LogP) is 5.53. The molecule has 0 bridgehead atoms. The minimum Gasteiger partial charge on any atom is -0.458 e. The maximum Gasteiger partial charge on any atom is 0.340 e. The van der Waals surface area contributed by atoms with Crippen molar-refractivity contribution in [3.63, 3.8) is 0 Å². The molecule has 2 aliphatic heterocycles. The molecule has 0 radical (unpaired) electrons. The van der Waals surface area contributed by atoms with Gasteiger partial charge in [0.05, 0.1) is 29.0 Å². The molecule has 0 fully saturated rings. The second-order valence-electron chi connectivity index (χ2n) is 7.99. The number of pyridine rings is 2. The van der Waals surface area contributed by atoms with Crippen LogP contribution in [0, 0.1) is 12.7 Å². The molecule has 35 heavy (non-hydrogen) atoms. The van der Waals surface area contributed by atoms with Crippen LogP contribution in [-0.4, -0.2) is 20.6 Å². The van der Waals surface area contributed by atoms with Gasteiger partial charge in [-0.2, -0.15) is 0 Å². The molecule has 3 aliphatic rings. The first-order chi connectivity index (χ1) is 17.0. The van der Waals surface area contributed by atoms with Gasteiger partial charge in [-0.1, -0.05) is 41.5 Å². The topological polar surface area (TPSA) is 81.4 Å². The third kappa shape index (κ3) is 4.05. The average Bonchev–Trinajstić information content (AvgIpc) is 3.28. The molecule has 4 heterocycles. The molecule has 0 saturated heterocycles. The summed E-state index contributed by atoms with van der Waals surface area (Å²) in [5.74, 6) is -1.03. The summed E-state index contributed by atoms with van der Waals surface area (Å²) in [6.45, 7) is 14.0. The van der Waals surface area contributed by atoms with Crippen LogP contribution in [0.1, 0.15) is 87.4 Å². The number of carbonyl (C=O) groups excluding carboxylic acids is 1. The van der Waals surface area contributed by atoms with Crippen LogP contribution in [0.3, 0.4) is 0 Å². The first-order valence-electron chi connectivity index (χ1n) is 12.7. The molecule has 0 amide bonds. The van der Waals surface area contributed by atoms with Crippen LogP contribution >= 0.6 is 0 Å². The second-order valence-corrected chi connectivity index (χ2v) is 7.99. The lowest BCUT2D eigenvalue weighted by molar-refractivity contribution is -0.157. The highest BCUT2D eigenvalue weighted by molar-refractivity contribution is 5.92. The Hall–Kier alpha value is -3.06. The van der Waals surface area contributed by atoms with Crippen molar-refractivity contribution in [3.05, 3.63) is 61.7 Å². The second kappa shape index (κ2) is 10.7. The van der Waals surface area contributed by atoms with E-state index < -0.39 is 12.1 Å². The van der Waals surface area contributed by atoms with Crippen molar-refractivity contribution in [2.24, 2.45) is 0 Å². The van der Waals surface area contributed by atoms with E-state index in [2.05, 4.69) is 0 Å². The first-order valence-corrected chi connectivity index (χ1v) is 12.7. The van der Waals surface area contributed by atoms with Crippen LogP contribution < -0.4 is 5.56 Å². The molecule has 7 heteroatoms. The number of hydrogen-bond donors (Lipinski definition) is 1. The van der Waals surface area contributed by atoms with E-state index in [0.29, 0.717) is 34.6 Å². The van der Waals surface area contributed by atoms with E-state index in [0.717, 1.165) is 41.3 Å². The van der Waals surface area contributed by atoms with Crippen molar-refractivity contribution >= 4 is 16.9 Å². The van der Waals surface area contributed by atoms with E-state index in [4.69, 9.17) is 9.72 Å². The molecule has 0 saturated carbocycles. The van der Waals surface area contributed by atoms with Gasteiger partial charge in [0.15, 0.2) is 6.10 Å². The van der Waals surface area contributed by atoms with Gasteiger partial charge >= 0.3 is 5.97 Å². The number of cyclic esters (lactones) is 1. The van der Waals surface area contributed by atoms with Gasteiger partial charge in [-0.05, 0) is 48.9 Å². The number of rotatable bonds is 0. The number of esters is 1. The van der Waals surface area contributed by atoms with Crippen LogP contribution in [0.2, 0.25) is 0 Å². The molecule has 6 nitrogen and oxygen atoms in total. The highest BCUT2D eigenvalue weighted by Crippen LogP contribution is 2.41. The van der Waals surface area contributed by atoms with Gasteiger partial charge in [0.25, 0.3) is 5.56 Å². The molecular weight excluding hydrogens is 447 g/mol. The van der Waals surface area contributed by atoms with Crippen LogP contribution in [-0.2, 0) is 35.5 Å². The largest absolute Gasteiger partial charge is 0.458 e. The number of aryl methyl sites for hydroxylation is 2. The zero-order chi connectivity index (χ0) is 26.0. The molecule has 1 aliphatic carbocycles. The molecule has 188 valence electrons. The Bertz CT molecular complexity index is 1340. The zero-order valence-electron chi connectivity index (χ0n) is 21.7. The number of hydrogen-bond acceptors (Lipinski definition) is 5. The van der Waals surface area contributed by atoms with Crippen molar-refractivity contribution in [2.45, 2.75) is 87.0 Å². The fourth-order valence-corrected chi connectivity index (χ4v) is 5.06. The summed E-state index contributed by atoms with van der Waals surface area (Å²) < 4.78 is 21.1. The lowest BCUT2D eigenvalue weighted by Crippen LogP contribution is -2.32. The number of nitrogens with zero attached hydrogens (tertiary/aromatic N) is 2. The van der Waals surface area contributed by atoms with Gasteiger partial charge < -0.3 is 14.4 Å². The fourth-order valence-electron chi connectivity index (χ4n) is 5.06. The molecule has 2 aromatic heterocycles. The summed E-state index contributed by atoms with van der Waals surface area (Å²) in [5, 5.41) is 11.2. The Labute approximate surface area is 205 Å². The number of ether oxygens (including phenoxy) is 1. The molecule has 6 rings (SSSR count). The standard InChI is InChI=1S/C22H17FN2O4.3C2H6/c1-9-10-3-2-4-11-13-7-25-17(19(13)24-16(18(10)11)6-15(9)23)5-12-14(21(25)27)8-29-22(28)20(12)26;3*1-2/h5-6,20,26H,2-4,7-8H2,1H3;3*1-2H3. The minimum absolute atomic E-state index is 0.141. The predicted molar refractivity (Wildman–Crippen MR) is 136 cm³/mol. The van der Waals surface area contributed by atoms with Crippen molar-refractivity contribution in [2.75, 3.05) is 0 Å². The maximum atomic E-state index is 14.5. The van der Waals surface area contributed by atoms with Crippen molar-refractivity contribution in [1.82, 2.24) is 9.55 Å². The summed E-state index contributed by atoms with van der Waals surface area (Å²) in [4.78, 5) is 29.6. The lowest BCUT2D eigenvalue weighted by atomic mass is 9.85. The van der Waals surface area contributed by atoms with Gasteiger partial charge in [0.2, 0.25) is 0 Å². The molecule has 1 atom stereocenters. The Morgan fingerprint density at radius 2 is 1.66 bits per heavy atom. The Kier molecular flexibility index (Phi) is 8.11. The molecular formula is C28H35FN2O4. The summed E-state index contributed by atoms with van der Waals surface area (Å²) in [5.41, 5.74) is 5.86. The quantitative estimate of drug-likeness (QED) is 0.333. The molecule has 0 spiro atoms. The van der Waals surface area contributed by atoms with E-state index in [1.165, 1.54) is 6.07 Å². The number of aromatic nitrogens is 2. The number of aliphatic hydroxyl groups is 1. The highest BCUT2D eigenvalue weighted by atomic mass is 19.1. The van der Waals surface area contributed by atoms with Crippen LogP contribution in [0.15, 0.2) is 16.9 Å². The summed E-state index contributed by atoms with van der Waals surface area (Å²) >= 11 is 0. The van der Waals surface area contributed by atoms with Crippen LogP contribution in [0.4, 0.5) is 4.39 Å². The van der Waals surface area contributed by atoms with E-state index in [1.54, 1.807) is 17.6 Å². The lowest BCUT2D eigenvalue weighted by Gasteiger charge is -2.22. The van der Waals surface area contributed by atoms with Crippen LogP contribution in [0.25, 0.3) is 22.3 Å². The van der Waals surface area contributed by atoms with Crippen molar-refractivity contribution in [3.8, 4) is 11.4 Å². The first kappa shape index (κ1) is 26.5. The smallest absolute Gasteiger partial charge is 0.340 e. The maximum absolute atomic E-state index is 14.5. The zero-order valence-corrected chi connectivity index (χ0v) is 21.7. The Balaban J connectivity index is 0.000000533. The average molecular weight is 483 g/mol. The molecule has 1 unspecified atom stereocenters. The summed E-state index contributed by atoms with van der Waals surface area (Å²) in [6.07, 6.45) is 1.12. The van der Waals surface area contributed by atoms with E-state index in [1.807, 2.05) is 41.5 Å². The van der Waals surface area contributed by atoms with Crippen molar-refractivity contribution in [1.29, 1.82) is 0 Å². The van der Waals surface area contributed by atoms with Crippen LogP contribution in [0.5, 0.6) is 0 Å². The monoisotopic (exact) mass is 482 g/mol. The van der Waals surface area contributed by atoms with Gasteiger partial charge in [-0.25, -0.2) is 14.2 Å². The molecule has 1 aromatic carbocycles. The number of aliphatic hydroxyl groups excluding tert-OH is 1. The fraction of sp³-hybridized carbons (Fsp3) is 0.464. The van der Waals surface area contributed by atoms with E-state index in [9.17, 15) is 19.1 Å². The Morgan fingerprint density at radius 1 is 1.00 bits per heavy atom. The third-order valence-corrected chi connectivity index (χ3v) is 6.54. The van der Waals surface area contributed by atoms with Crippen molar-refractivity contribution < 1.29 is 19.0 Å². The van der Waals surface area contributed by atoms with Gasteiger partial charge in [-0.15, -0.1) is 0 Å². The normalized spacial score (nSPS) is 16.3. The summed E-state index contributed by atoms with van der Waals surface area (Å²) in [6, 6.07) is 3.13. The number of benzene rings is 1. The third-order valence-electron chi connectivity index (χ3n) is 6.54. The minimum atomic E-state index is -1.48. The van der Waals surface area contributed by atoms with E-state index >= 15 is 0 Å². The molecule has 1 N–H and O–H groups in total. The highest BCUT2D eigenvalue weighted by Gasteiger charge is 2.35. The Morgan fingerprint density at radius 3 is 2.34 bits per heavy atom. The number of fused-ring (bicyclic) bond motifs is 5. The SMILES string of the molecule is CC.CC.CC.Cc1c(F)cc2nc3c(c4c2c1CCC4)Cn1c-3cc2c(c1=O)COC(=O)C2O.